The number of methoxy groups -OCH3 is 1. The van der Waals surface area contributed by atoms with Gasteiger partial charge in [-0.2, -0.15) is 0 Å². The van der Waals surface area contributed by atoms with Crippen molar-refractivity contribution in [3.05, 3.63) is 72.7 Å². The van der Waals surface area contributed by atoms with E-state index in [0.29, 0.717) is 6.42 Å². The van der Waals surface area contributed by atoms with Crippen LogP contribution in [-0.4, -0.2) is 28.7 Å². The fourth-order valence-electron chi connectivity index (χ4n) is 2.69. The van der Waals surface area contributed by atoms with Gasteiger partial charge in [0.15, 0.2) is 0 Å². The lowest BCUT2D eigenvalue weighted by Crippen LogP contribution is -2.12. The summed E-state index contributed by atoms with van der Waals surface area (Å²) in [5.41, 5.74) is 3.61. The third-order valence-corrected chi connectivity index (χ3v) is 5.29. The second-order valence-corrected chi connectivity index (χ2v) is 8.33. The first-order valence-corrected chi connectivity index (χ1v) is 14.4. The van der Waals surface area contributed by atoms with E-state index in [1.807, 2.05) is 63.2 Å². The summed E-state index contributed by atoms with van der Waals surface area (Å²) < 4.78 is 5.18. The third kappa shape index (κ3) is 16.0. The molecule has 38 heavy (non-hydrogen) atoms. The molecule has 2 aromatic heterocycles. The summed E-state index contributed by atoms with van der Waals surface area (Å²) >= 11 is 0. The molecule has 5 heteroatoms. The van der Waals surface area contributed by atoms with Crippen molar-refractivity contribution in [3.8, 4) is 5.75 Å². The average Bonchev–Trinajstić information content (AvgIpc) is 3.00. The van der Waals surface area contributed by atoms with Crippen molar-refractivity contribution in [1.82, 2.24) is 15.3 Å². The predicted octanol–water partition coefficient (Wildman–Crippen LogP) is 9.38. The van der Waals surface area contributed by atoms with Gasteiger partial charge in [-0.1, -0.05) is 93.7 Å². The Morgan fingerprint density at radius 1 is 0.868 bits per heavy atom. The van der Waals surface area contributed by atoms with Crippen LogP contribution in [0.1, 0.15) is 111 Å². The zero-order chi connectivity index (χ0) is 29.2. The summed E-state index contributed by atoms with van der Waals surface area (Å²) in [7, 11) is 1.63. The molecule has 0 spiro atoms. The number of unbranched alkanes of at least 4 members (excludes halogenated alkanes) is 2. The minimum Gasteiger partial charge on any atom is -0.497 e. The minimum atomic E-state index is -0.447. The molecule has 3 aromatic rings. The molecule has 0 aliphatic rings. The van der Waals surface area contributed by atoms with Crippen LogP contribution < -0.4 is 10.1 Å². The van der Waals surface area contributed by atoms with Crippen LogP contribution in [0.5, 0.6) is 5.75 Å². The van der Waals surface area contributed by atoms with Gasteiger partial charge in [-0.05, 0) is 54.8 Å². The highest BCUT2D eigenvalue weighted by molar-refractivity contribution is 5.83. The second kappa shape index (κ2) is 25.7. The highest BCUT2D eigenvalue weighted by Crippen LogP contribution is 2.27. The normalized spacial score (nSPS) is 10.1. The number of nitrogens with zero attached hydrogens (tertiary/aromatic N) is 2. The molecule has 0 saturated heterocycles. The summed E-state index contributed by atoms with van der Waals surface area (Å²) in [5, 5.41) is 14.1. The van der Waals surface area contributed by atoms with Gasteiger partial charge in [-0.15, -0.1) is 0 Å². The minimum absolute atomic E-state index is 0.447. The van der Waals surface area contributed by atoms with Crippen molar-refractivity contribution in [3.63, 3.8) is 0 Å². The van der Waals surface area contributed by atoms with Crippen LogP contribution in [0.4, 0.5) is 0 Å². The summed E-state index contributed by atoms with van der Waals surface area (Å²) in [4.78, 5) is 8.44. The number of aliphatic hydroxyl groups is 1. The molecule has 0 fully saturated rings. The van der Waals surface area contributed by atoms with Crippen LogP contribution in [0.3, 0.4) is 0 Å². The summed E-state index contributed by atoms with van der Waals surface area (Å²) in [5.74, 6) is 0.782. The Morgan fingerprint density at radius 3 is 1.97 bits per heavy atom. The molecule has 0 aliphatic carbocycles. The van der Waals surface area contributed by atoms with Crippen molar-refractivity contribution >= 4 is 16.6 Å². The summed E-state index contributed by atoms with van der Waals surface area (Å²) in [6.07, 6.45) is 10.1. The van der Waals surface area contributed by atoms with E-state index in [1.54, 1.807) is 19.5 Å². The van der Waals surface area contributed by atoms with Crippen molar-refractivity contribution in [1.29, 1.82) is 0 Å². The van der Waals surface area contributed by atoms with Gasteiger partial charge < -0.3 is 15.2 Å². The zero-order valence-electron chi connectivity index (χ0n) is 25.7. The number of hydrogen-bond acceptors (Lipinski definition) is 5. The highest BCUT2D eigenvalue weighted by Gasteiger charge is 2.10. The molecule has 0 saturated carbocycles. The van der Waals surface area contributed by atoms with Gasteiger partial charge >= 0.3 is 0 Å². The molecule has 2 N–H and O–H groups in total. The lowest BCUT2D eigenvalue weighted by Gasteiger charge is -2.11. The average molecular weight is 526 g/mol. The molecule has 1 atom stereocenters. The van der Waals surface area contributed by atoms with E-state index in [0.717, 1.165) is 46.6 Å². The van der Waals surface area contributed by atoms with Crippen molar-refractivity contribution in [2.24, 2.45) is 0 Å². The van der Waals surface area contributed by atoms with Crippen molar-refractivity contribution in [2.45, 2.75) is 100 Å². The maximum Gasteiger partial charge on any atom is 0.119 e. The fourth-order valence-corrected chi connectivity index (χ4v) is 2.69. The molecule has 214 valence electrons. The number of hydrogen-bond donors (Lipinski definition) is 2. The number of nitrogens with one attached hydrogen (secondary N) is 1. The summed E-state index contributed by atoms with van der Waals surface area (Å²) in [6.45, 7) is 21.6. The number of ether oxygens (including phenoxy) is 1. The standard InChI is InChI=1S/C13H15NO2.C10H14N2.2C4H10.C2H6/c1-3-13(15)10-6-7-14-12-5-4-9(16-2)8-11(10)12;1-3-7-11-9(2)10-6-4-5-8-12-10;2*1-3-4-2;1-2/h4-8,13,15H,3H2,1-2H3;4-6,8,11H,2-3,7H2,1H3;2*3-4H2,1-2H3;1-2H3. The largest absolute Gasteiger partial charge is 0.497 e. The first-order chi connectivity index (χ1) is 18.4. The number of benzene rings is 1. The third-order valence-electron chi connectivity index (χ3n) is 5.29. The molecule has 5 nitrogen and oxygen atoms in total. The lowest BCUT2D eigenvalue weighted by atomic mass is 10.0. The molecular formula is C33H55N3O2. The topological polar surface area (TPSA) is 67.3 Å². The number of aliphatic hydroxyl groups excluding tert-OH is 1. The molecule has 0 aliphatic heterocycles. The van der Waals surface area contributed by atoms with E-state index >= 15 is 0 Å². The van der Waals surface area contributed by atoms with E-state index in [2.05, 4.69) is 56.5 Å². The molecule has 1 unspecified atom stereocenters. The van der Waals surface area contributed by atoms with Crippen LogP contribution >= 0.6 is 0 Å². The van der Waals surface area contributed by atoms with Gasteiger partial charge in [0.1, 0.15) is 5.75 Å². The Balaban J connectivity index is 0. The van der Waals surface area contributed by atoms with E-state index in [9.17, 15) is 5.11 Å². The van der Waals surface area contributed by atoms with Crippen molar-refractivity contribution in [2.75, 3.05) is 13.7 Å². The van der Waals surface area contributed by atoms with Crippen molar-refractivity contribution < 1.29 is 9.84 Å². The first-order valence-electron chi connectivity index (χ1n) is 14.4. The van der Waals surface area contributed by atoms with Gasteiger partial charge in [0.05, 0.1) is 30.1 Å². The molecular weight excluding hydrogens is 470 g/mol. The second-order valence-electron chi connectivity index (χ2n) is 8.33. The number of fused-ring (bicyclic) bond motifs is 1. The maximum absolute atomic E-state index is 9.92. The fraction of sp³-hybridized carbons (Fsp3) is 0.515. The van der Waals surface area contributed by atoms with Crippen LogP contribution in [-0.2, 0) is 0 Å². The van der Waals surface area contributed by atoms with Gasteiger partial charge in [-0.25, -0.2) is 0 Å². The number of rotatable bonds is 9. The van der Waals surface area contributed by atoms with Crippen LogP contribution in [0.2, 0.25) is 0 Å². The van der Waals surface area contributed by atoms with E-state index in [1.165, 1.54) is 25.7 Å². The van der Waals surface area contributed by atoms with E-state index in [-0.39, 0.29) is 0 Å². The zero-order valence-corrected chi connectivity index (χ0v) is 25.7. The Morgan fingerprint density at radius 2 is 1.50 bits per heavy atom. The van der Waals surface area contributed by atoms with Gasteiger partial charge in [0.25, 0.3) is 0 Å². The molecule has 0 amide bonds. The predicted molar refractivity (Wildman–Crippen MR) is 168 cm³/mol. The van der Waals surface area contributed by atoms with Gasteiger partial charge in [0, 0.05) is 24.3 Å². The molecule has 3 rings (SSSR count). The first kappa shape index (κ1) is 37.2. The molecule has 0 radical (unpaired) electrons. The van der Waals surface area contributed by atoms with Crippen LogP contribution in [0.25, 0.3) is 16.6 Å². The number of pyridine rings is 2. The van der Waals surface area contributed by atoms with Gasteiger partial charge in [-0.3, -0.25) is 9.97 Å². The molecule has 2 heterocycles. The Bertz CT molecular complexity index is 937. The maximum atomic E-state index is 9.92. The molecule has 0 bridgehead atoms. The summed E-state index contributed by atoms with van der Waals surface area (Å²) in [6, 6.07) is 13.4. The Kier molecular flexibility index (Phi) is 25.2. The van der Waals surface area contributed by atoms with Gasteiger partial charge in [0.2, 0.25) is 0 Å². The smallest absolute Gasteiger partial charge is 0.119 e. The SMILES string of the molecule is C=C(NCCC)c1ccccn1.CC.CCC(O)c1ccnc2ccc(OC)cc12.CCCC.CCCC. The van der Waals surface area contributed by atoms with E-state index in [4.69, 9.17) is 4.74 Å². The van der Waals surface area contributed by atoms with Crippen LogP contribution in [0.15, 0.2) is 61.4 Å². The quantitative estimate of drug-likeness (QED) is 0.291. The monoisotopic (exact) mass is 525 g/mol. The number of aromatic nitrogens is 2. The Hall–Kier alpha value is -2.92. The van der Waals surface area contributed by atoms with Crippen LogP contribution in [0, 0.1) is 0 Å². The lowest BCUT2D eigenvalue weighted by molar-refractivity contribution is 0.175. The highest BCUT2D eigenvalue weighted by atomic mass is 16.5. The van der Waals surface area contributed by atoms with E-state index < -0.39 is 6.10 Å². The molecule has 1 aromatic carbocycles. The Labute approximate surface area is 233 Å².